The van der Waals surface area contributed by atoms with Gasteiger partial charge in [0.15, 0.2) is 5.78 Å². The Kier molecular flexibility index (Phi) is 5.72. The van der Waals surface area contributed by atoms with Crippen LogP contribution in [-0.4, -0.2) is 31.3 Å². The first-order chi connectivity index (χ1) is 17.0. The van der Waals surface area contributed by atoms with Crippen molar-refractivity contribution in [3.63, 3.8) is 0 Å². The molecule has 0 amide bonds. The zero-order valence-corrected chi connectivity index (χ0v) is 22.9. The largest absolute Gasteiger partial charge is 0.390 e. The Morgan fingerprint density at radius 3 is 2.67 bits per heavy atom. The van der Waals surface area contributed by atoms with Gasteiger partial charge >= 0.3 is 0 Å². The molecule has 0 aromatic carbocycles. The van der Waals surface area contributed by atoms with E-state index in [4.69, 9.17) is 0 Å². The molecule has 0 saturated heterocycles. The van der Waals surface area contributed by atoms with Crippen LogP contribution < -0.4 is 0 Å². The zero-order chi connectivity index (χ0) is 25.5. The molecule has 9 atom stereocenters. The van der Waals surface area contributed by atoms with Crippen molar-refractivity contribution in [1.82, 2.24) is 14.8 Å². The molecule has 5 nitrogen and oxygen atoms in total. The maximum atomic E-state index is 14.1. The molecular weight excluding hydrogens is 446 g/mol. The van der Waals surface area contributed by atoms with Gasteiger partial charge < -0.3 is 5.11 Å². The van der Waals surface area contributed by atoms with Crippen LogP contribution in [0.15, 0.2) is 24.7 Å². The molecule has 6 rings (SSSR count). The summed E-state index contributed by atoms with van der Waals surface area (Å²) in [4.78, 5) is 18.3. The average molecular weight is 492 g/mol. The summed E-state index contributed by atoms with van der Waals surface area (Å²) < 4.78 is 1.86. The number of fused-ring (bicyclic) bond motifs is 6. The van der Waals surface area contributed by atoms with Crippen LogP contribution >= 0.6 is 0 Å². The van der Waals surface area contributed by atoms with Crippen molar-refractivity contribution in [3.05, 3.63) is 24.7 Å². The van der Waals surface area contributed by atoms with Crippen molar-refractivity contribution >= 4 is 16.7 Å². The lowest BCUT2D eigenvalue weighted by atomic mass is 9.44. The molecule has 5 heteroatoms. The highest BCUT2D eigenvalue weighted by Gasteiger charge is 2.64. The third-order valence-corrected chi connectivity index (χ3v) is 11.9. The predicted octanol–water partition coefficient (Wildman–Crippen LogP) is 6.29. The van der Waals surface area contributed by atoms with Gasteiger partial charge in [-0.15, -0.1) is 0 Å². The number of carbonyl (C=O) groups excluding carboxylic acids is 1. The number of rotatable bonds is 4. The van der Waals surface area contributed by atoms with E-state index in [-0.39, 0.29) is 11.3 Å². The predicted molar refractivity (Wildman–Crippen MR) is 142 cm³/mol. The van der Waals surface area contributed by atoms with Crippen molar-refractivity contribution in [2.45, 2.75) is 98.1 Å². The fourth-order valence-electron chi connectivity index (χ4n) is 10.0. The molecular formula is C31H45N3O2. The smallest absolute Gasteiger partial charge is 0.158 e. The second kappa shape index (κ2) is 8.38. The van der Waals surface area contributed by atoms with Crippen molar-refractivity contribution in [2.24, 2.45) is 52.3 Å². The van der Waals surface area contributed by atoms with Crippen LogP contribution in [0, 0.1) is 52.3 Å². The lowest BCUT2D eigenvalue weighted by Gasteiger charge is -2.61. The molecule has 2 aromatic rings. The van der Waals surface area contributed by atoms with Gasteiger partial charge in [-0.05, 0) is 111 Å². The van der Waals surface area contributed by atoms with Gasteiger partial charge in [0.05, 0.1) is 18.3 Å². The van der Waals surface area contributed by atoms with Crippen LogP contribution in [0.3, 0.4) is 0 Å². The topological polar surface area (TPSA) is 68.0 Å². The quantitative estimate of drug-likeness (QED) is 0.545. The molecule has 0 aliphatic heterocycles. The summed E-state index contributed by atoms with van der Waals surface area (Å²) >= 11 is 0. The maximum absolute atomic E-state index is 14.1. The van der Waals surface area contributed by atoms with Gasteiger partial charge in [0.25, 0.3) is 0 Å². The van der Waals surface area contributed by atoms with Gasteiger partial charge in [-0.3, -0.25) is 14.5 Å². The molecule has 4 aliphatic carbocycles. The molecule has 4 fully saturated rings. The third kappa shape index (κ3) is 3.70. The van der Waals surface area contributed by atoms with E-state index in [1.165, 1.54) is 32.1 Å². The third-order valence-electron chi connectivity index (χ3n) is 11.9. The molecule has 1 unspecified atom stereocenters. The SMILES string of the molecule is CC(C)[C@@H]1C[C@H]2[C@@H]3CC[C@H]4C[C@](C)(O)CC[C@]4(C)[C@H]3CC[C@]2(C)C1C(=O)Cn1cc2ccncc2n1. The summed E-state index contributed by atoms with van der Waals surface area (Å²) in [6.07, 6.45) is 14.8. The normalized spacial score (nSPS) is 44.3. The van der Waals surface area contributed by atoms with E-state index in [9.17, 15) is 9.90 Å². The van der Waals surface area contributed by atoms with E-state index in [1.54, 1.807) is 12.4 Å². The first-order valence-corrected chi connectivity index (χ1v) is 14.5. The molecule has 4 aliphatic rings. The van der Waals surface area contributed by atoms with Crippen LogP contribution in [0.2, 0.25) is 0 Å². The highest BCUT2D eigenvalue weighted by atomic mass is 16.3. The summed E-state index contributed by atoms with van der Waals surface area (Å²) in [6.45, 7) is 12.1. The summed E-state index contributed by atoms with van der Waals surface area (Å²) in [6, 6.07) is 1.97. The van der Waals surface area contributed by atoms with Crippen molar-refractivity contribution < 1.29 is 9.90 Å². The Labute approximate surface area is 216 Å². The summed E-state index contributed by atoms with van der Waals surface area (Å²) in [5, 5.41) is 16.5. The number of hydrogen-bond donors (Lipinski definition) is 1. The minimum Gasteiger partial charge on any atom is -0.390 e. The fraction of sp³-hybridized carbons (Fsp3) is 0.774. The molecule has 0 bridgehead atoms. The van der Waals surface area contributed by atoms with Crippen LogP contribution in [0.1, 0.15) is 86.0 Å². The molecule has 196 valence electrons. The molecule has 36 heavy (non-hydrogen) atoms. The monoisotopic (exact) mass is 491 g/mol. The van der Waals surface area contributed by atoms with Crippen LogP contribution in [0.4, 0.5) is 0 Å². The zero-order valence-electron chi connectivity index (χ0n) is 22.9. The van der Waals surface area contributed by atoms with E-state index in [2.05, 4.69) is 44.7 Å². The maximum Gasteiger partial charge on any atom is 0.158 e. The minimum atomic E-state index is -0.485. The summed E-state index contributed by atoms with van der Waals surface area (Å²) in [5.41, 5.74) is 0.815. The number of nitrogens with zero attached hydrogens (tertiary/aromatic N) is 3. The molecule has 0 radical (unpaired) electrons. The van der Waals surface area contributed by atoms with Crippen molar-refractivity contribution in [2.75, 3.05) is 0 Å². The Balaban J connectivity index is 1.28. The van der Waals surface area contributed by atoms with Crippen LogP contribution in [0.25, 0.3) is 10.9 Å². The van der Waals surface area contributed by atoms with Gasteiger partial charge in [-0.1, -0.05) is 27.7 Å². The average Bonchev–Trinajstić information content (AvgIpc) is 3.37. The number of pyridine rings is 1. The number of Topliss-reactive ketones (excluding diaryl/α,β-unsaturated/α-hetero) is 1. The molecule has 1 N–H and O–H groups in total. The highest BCUT2D eigenvalue weighted by Crippen LogP contribution is 2.69. The number of aromatic nitrogens is 3. The number of aliphatic hydroxyl groups is 1. The van der Waals surface area contributed by atoms with Crippen LogP contribution in [-0.2, 0) is 11.3 Å². The second-order valence-electron chi connectivity index (χ2n) is 14.3. The standard InChI is InChI=1S/C31H45N3O2/c1-19(2)23-14-25-22-7-6-21-15-29(3,36)11-12-30(21,4)24(22)8-10-31(25,5)28(23)27(35)18-34-17-20-9-13-32-16-26(20)33-34/h9,13,16-17,19,21-25,28,36H,6-8,10-12,14-15,18H2,1-5H3/t21-,22+,23-,24-,25-,28?,29+,30-,31-/m0/s1. The molecule has 0 spiro atoms. The lowest BCUT2D eigenvalue weighted by Crippen LogP contribution is -2.55. The molecule has 2 heterocycles. The van der Waals surface area contributed by atoms with E-state index in [0.29, 0.717) is 41.4 Å². The summed E-state index contributed by atoms with van der Waals surface area (Å²) in [7, 11) is 0. The Bertz CT molecular complexity index is 1120. The Hall–Kier alpha value is -1.75. The number of hydrogen-bond acceptors (Lipinski definition) is 4. The van der Waals surface area contributed by atoms with Gasteiger partial charge in [0.1, 0.15) is 5.52 Å². The van der Waals surface area contributed by atoms with Gasteiger partial charge in [0, 0.05) is 23.7 Å². The highest BCUT2D eigenvalue weighted by molar-refractivity contribution is 5.83. The van der Waals surface area contributed by atoms with E-state index < -0.39 is 5.60 Å². The van der Waals surface area contributed by atoms with Crippen molar-refractivity contribution in [3.8, 4) is 0 Å². The first kappa shape index (κ1) is 24.6. The summed E-state index contributed by atoms with van der Waals surface area (Å²) in [5.74, 6) is 4.22. The molecule has 4 saturated carbocycles. The van der Waals surface area contributed by atoms with Gasteiger partial charge in [-0.2, -0.15) is 5.10 Å². The van der Waals surface area contributed by atoms with E-state index in [1.807, 2.05) is 16.9 Å². The Morgan fingerprint density at radius 2 is 1.92 bits per heavy atom. The van der Waals surface area contributed by atoms with Crippen LogP contribution in [0.5, 0.6) is 0 Å². The minimum absolute atomic E-state index is 0.0880. The fourth-order valence-corrected chi connectivity index (χ4v) is 10.0. The lowest BCUT2D eigenvalue weighted by molar-refractivity contribution is -0.151. The van der Waals surface area contributed by atoms with E-state index in [0.717, 1.165) is 42.0 Å². The van der Waals surface area contributed by atoms with Crippen molar-refractivity contribution in [1.29, 1.82) is 0 Å². The van der Waals surface area contributed by atoms with Gasteiger partial charge in [0.2, 0.25) is 0 Å². The van der Waals surface area contributed by atoms with Gasteiger partial charge in [-0.25, -0.2) is 0 Å². The van der Waals surface area contributed by atoms with E-state index >= 15 is 0 Å². The molecule has 2 aromatic heterocycles. The Morgan fingerprint density at radius 1 is 1.11 bits per heavy atom. The number of ketones is 1. The first-order valence-electron chi connectivity index (χ1n) is 14.5. The number of carbonyl (C=O) groups is 1. The second-order valence-corrected chi connectivity index (χ2v) is 14.3.